The molecule has 0 unspecified atom stereocenters. The van der Waals surface area contributed by atoms with Crippen LogP contribution in [0.25, 0.3) is 0 Å². The van der Waals surface area contributed by atoms with Crippen LogP contribution in [0.15, 0.2) is 12.4 Å². The number of methoxy groups -OCH3 is 1. The second-order valence-corrected chi connectivity index (χ2v) is 5.16. The summed E-state index contributed by atoms with van der Waals surface area (Å²) in [5.41, 5.74) is -0.131. The fraction of sp³-hybridized carbons (Fsp3) is 0.750. The molecule has 1 aromatic rings. The first-order chi connectivity index (χ1) is 8.09. The number of imidazole rings is 1. The molecule has 1 aromatic heterocycles. The van der Waals surface area contributed by atoms with Crippen molar-refractivity contribution in [2.75, 3.05) is 26.8 Å². The lowest BCUT2D eigenvalue weighted by Crippen LogP contribution is -2.53. The summed E-state index contributed by atoms with van der Waals surface area (Å²) in [6.07, 6.45) is 3.78. The molecule has 0 amide bonds. The SMILES string of the molecule is COC[C@@H]1CN(Cc2ncc[nH]2)CC(C)(C)O1. The molecule has 0 bridgehead atoms. The molecule has 96 valence electrons. The first kappa shape index (κ1) is 12.5. The van der Waals surface area contributed by atoms with Crippen molar-refractivity contribution >= 4 is 0 Å². The van der Waals surface area contributed by atoms with Crippen molar-refractivity contribution in [1.29, 1.82) is 0 Å². The quantitative estimate of drug-likeness (QED) is 0.853. The van der Waals surface area contributed by atoms with Crippen LogP contribution in [0.4, 0.5) is 0 Å². The normalized spacial score (nSPS) is 25.0. The summed E-state index contributed by atoms with van der Waals surface area (Å²) in [4.78, 5) is 9.75. The van der Waals surface area contributed by atoms with E-state index in [-0.39, 0.29) is 11.7 Å². The third-order valence-corrected chi connectivity index (χ3v) is 2.83. The average molecular weight is 239 g/mol. The number of nitrogens with zero attached hydrogens (tertiary/aromatic N) is 2. The van der Waals surface area contributed by atoms with Gasteiger partial charge in [-0.25, -0.2) is 4.98 Å². The number of hydrogen-bond acceptors (Lipinski definition) is 4. The minimum absolute atomic E-state index is 0.131. The van der Waals surface area contributed by atoms with Gasteiger partial charge in [-0.05, 0) is 13.8 Å². The summed E-state index contributed by atoms with van der Waals surface area (Å²) in [6, 6.07) is 0. The highest BCUT2D eigenvalue weighted by atomic mass is 16.5. The molecule has 1 N–H and O–H groups in total. The molecule has 0 saturated carbocycles. The maximum absolute atomic E-state index is 5.97. The molecule has 1 saturated heterocycles. The summed E-state index contributed by atoms with van der Waals surface area (Å²) >= 11 is 0. The number of ether oxygens (including phenoxy) is 2. The van der Waals surface area contributed by atoms with Crippen molar-refractivity contribution in [1.82, 2.24) is 14.9 Å². The molecule has 0 aromatic carbocycles. The first-order valence-electron chi connectivity index (χ1n) is 5.96. The van der Waals surface area contributed by atoms with Crippen molar-refractivity contribution in [2.45, 2.75) is 32.1 Å². The van der Waals surface area contributed by atoms with Gasteiger partial charge in [0.15, 0.2) is 0 Å². The molecule has 5 nitrogen and oxygen atoms in total. The van der Waals surface area contributed by atoms with Crippen LogP contribution in [0.2, 0.25) is 0 Å². The number of aromatic nitrogens is 2. The average Bonchev–Trinajstić information content (AvgIpc) is 2.68. The highest BCUT2D eigenvalue weighted by Crippen LogP contribution is 2.22. The largest absolute Gasteiger partial charge is 0.382 e. The van der Waals surface area contributed by atoms with Crippen LogP contribution >= 0.6 is 0 Å². The zero-order valence-electron chi connectivity index (χ0n) is 10.8. The van der Waals surface area contributed by atoms with Crippen LogP contribution in [0.3, 0.4) is 0 Å². The lowest BCUT2D eigenvalue weighted by molar-refractivity contribution is -0.154. The topological polar surface area (TPSA) is 50.4 Å². The van der Waals surface area contributed by atoms with Gasteiger partial charge in [0.2, 0.25) is 0 Å². The highest BCUT2D eigenvalue weighted by Gasteiger charge is 2.33. The van der Waals surface area contributed by atoms with Gasteiger partial charge in [0.25, 0.3) is 0 Å². The van der Waals surface area contributed by atoms with E-state index >= 15 is 0 Å². The molecule has 1 aliphatic rings. The van der Waals surface area contributed by atoms with Gasteiger partial charge in [0.05, 0.1) is 24.9 Å². The van der Waals surface area contributed by atoms with Crippen LogP contribution in [0.1, 0.15) is 19.7 Å². The smallest absolute Gasteiger partial charge is 0.120 e. The third-order valence-electron chi connectivity index (χ3n) is 2.83. The Morgan fingerprint density at radius 3 is 3.12 bits per heavy atom. The number of hydrogen-bond donors (Lipinski definition) is 1. The second kappa shape index (κ2) is 5.16. The minimum atomic E-state index is -0.131. The fourth-order valence-corrected chi connectivity index (χ4v) is 2.41. The summed E-state index contributed by atoms with van der Waals surface area (Å²) in [5, 5.41) is 0. The van der Waals surface area contributed by atoms with Crippen LogP contribution in [-0.2, 0) is 16.0 Å². The number of rotatable bonds is 4. The molecule has 2 rings (SSSR count). The molecule has 0 aliphatic carbocycles. The summed E-state index contributed by atoms with van der Waals surface area (Å²) < 4.78 is 11.1. The predicted octanol–water partition coefficient (Wildman–Crippen LogP) is 1.04. The molecular weight excluding hydrogens is 218 g/mol. The van der Waals surface area contributed by atoms with E-state index in [9.17, 15) is 0 Å². The van der Waals surface area contributed by atoms with Crippen molar-refractivity contribution < 1.29 is 9.47 Å². The van der Waals surface area contributed by atoms with Gasteiger partial charge in [0, 0.05) is 32.6 Å². The Labute approximate surface area is 102 Å². The highest BCUT2D eigenvalue weighted by molar-refractivity contribution is 4.91. The molecule has 2 heterocycles. The maximum atomic E-state index is 5.97. The van der Waals surface area contributed by atoms with Crippen LogP contribution in [-0.4, -0.2) is 53.4 Å². The second-order valence-electron chi connectivity index (χ2n) is 5.16. The molecule has 1 fully saturated rings. The monoisotopic (exact) mass is 239 g/mol. The van der Waals surface area contributed by atoms with Gasteiger partial charge in [-0.1, -0.05) is 0 Å². The van der Waals surface area contributed by atoms with E-state index < -0.39 is 0 Å². The molecule has 1 aliphatic heterocycles. The van der Waals surface area contributed by atoms with Gasteiger partial charge in [-0.3, -0.25) is 4.90 Å². The van der Waals surface area contributed by atoms with Gasteiger partial charge in [-0.15, -0.1) is 0 Å². The van der Waals surface area contributed by atoms with Crippen LogP contribution in [0.5, 0.6) is 0 Å². The van der Waals surface area contributed by atoms with Crippen molar-refractivity contribution in [3.63, 3.8) is 0 Å². The number of aromatic amines is 1. The first-order valence-corrected chi connectivity index (χ1v) is 5.96. The Hall–Kier alpha value is -0.910. The van der Waals surface area contributed by atoms with Crippen LogP contribution in [0, 0.1) is 0 Å². The molecule has 0 spiro atoms. The van der Waals surface area contributed by atoms with E-state index in [0.29, 0.717) is 6.61 Å². The Balaban J connectivity index is 1.97. The number of H-pyrrole nitrogens is 1. The molecule has 1 atom stereocenters. The standard InChI is InChI=1S/C12H21N3O2/c1-12(2)9-15(6-10(17-12)8-16-3)7-11-13-4-5-14-11/h4-5,10H,6-9H2,1-3H3,(H,13,14)/t10-/m0/s1. The van der Waals surface area contributed by atoms with Gasteiger partial charge < -0.3 is 14.5 Å². The lowest BCUT2D eigenvalue weighted by Gasteiger charge is -2.42. The van der Waals surface area contributed by atoms with Gasteiger partial charge in [-0.2, -0.15) is 0 Å². The molecule has 5 heteroatoms. The van der Waals surface area contributed by atoms with E-state index in [1.165, 1.54) is 0 Å². The Kier molecular flexibility index (Phi) is 3.81. The Bertz CT molecular complexity index is 338. The predicted molar refractivity (Wildman–Crippen MR) is 64.7 cm³/mol. The van der Waals surface area contributed by atoms with Gasteiger partial charge >= 0.3 is 0 Å². The summed E-state index contributed by atoms with van der Waals surface area (Å²) in [6.45, 7) is 7.50. The molecular formula is C12H21N3O2. The van der Waals surface area contributed by atoms with Crippen LogP contribution < -0.4 is 0 Å². The number of nitrogens with one attached hydrogen (secondary N) is 1. The summed E-state index contributed by atoms with van der Waals surface area (Å²) in [7, 11) is 1.71. The minimum Gasteiger partial charge on any atom is -0.382 e. The van der Waals surface area contributed by atoms with E-state index in [2.05, 4.69) is 28.7 Å². The fourth-order valence-electron chi connectivity index (χ4n) is 2.41. The lowest BCUT2D eigenvalue weighted by atomic mass is 10.1. The van der Waals surface area contributed by atoms with E-state index in [1.807, 2.05) is 6.20 Å². The Morgan fingerprint density at radius 1 is 1.65 bits per heavy atom. The zero-order chi connectivity index (χ0) is 12.3. The van der Waals surface area contributed by atoms with E-state index in [1.54, 1.807) is 13.3 Å². The molecule has 0 radical (unpaired) electrons. The van der Waals surface area contributed by atoms with E-state index in [0.717, 1.165) is 25.5 Å². The zero-order valence-corrected chi connectivity index (χ0v) is 10.8. The number of morpholine rings is 1. The summed E-state index contributed by atoms with van der Waals surface area (Å²) in [5.74, 6) is 0.999. The van der Waals surface area contributed by atoms with Crippen molar-refractivity contribution in [2.24, 2.45) is 0 Å². The van der Waals surface area contributed by atoms with Gasteiger partial charge in [0.1, 0.15) is 5.82 Å². The molecule has 17 heavy (non-hydrogen) atoms. The third kappa shape index (κ3) is 3.52. The van der Waals surface area contributed by atoms with Crippen molar-refractivity contribution in [3.05, 3.63) is 18.2 Å². The van der Waals surface area contributed by atoms with Crippen molar-refractivity contribution in [3.8, 4) is 0 Å². The Morgan fingerprint density at radius 2 is 2.47 bits per heavy atom. The van der Waals surface area contributed by atoms with E-state index in [4.69, 9.17) is 9.47 Å². The maximum Gasteiger partial charge on any atom is 0.120 e.